The van der Waals surface area contributed by atoms with E-state index in [-0.39, 0.29) is 6.54 Å². The smallest absolute Gasteiger partial charge is 0.243 e. The van der Waals surface area contributed by atoms with Crippen LogP contribution >= 0.6 is 0 Å². The molecule has 21 heavy (non-hydrogen) atoms. The van der Waals surface area contributed by atoms with Crippen LogP contribution < -0.4 is 4.74 Å². The molecule has 1 heterocycles. The molecule has 0 spiro atoms. The molecule has 1 aliphatic rings. The number of aliphatic hydroxyl groups excluding tert-OH is 1. The number of hydrogen-bond donors (Lipinski definition) is 1. The van der Waals surface area contributed by atoms with E-state index >= 15 is 0 Å². The van der Waals surface area contributed by atoms with Crippen molar-refractivity contribution in [3.05, 3.63) is 23.3 Å². The average molecular weight is 313 g/mol. The monoisotopic (exact) mass is 313 g/mol. The number of β-amino-alcohol motifs (C(OH)–C–C–N with tert-alkyl or cyclic N) is 1. The summed E-state index contributed by atoms with van der Waals surface area (Å²) in [6.07, 6.45) is 0.778. The van der Waals surface area contributed by atoms with Crippen LogP contribution in [0.3, 0.4) is 0 Å². The second kappa shape index (κ2) is 6.34. The van der Waals surface area contributed by atoms with Crippen molar-refractivity contribution in [2.24, 2.45) is 0 Å². The van der Waals surface area contributed by atoms with Gasteiger partial charge in [0.15, 0.2) is 0 Å². The molecule has 5 nitrogen and oxygen atoms in total. The number of ether oxygens (including phenoxy) is 1. The van der Waals surface area contributed by atoms with Crippen molar-refractivity contribution in [1.29, 1.82) is 0 Å². The van der Waals surface area contributed by atoms with Crippen LogP contribution in [0.15, 0.2) is 17.0 Å². The van der Waals surface area contributed by atoms with Crippen molar-refractivity contribution in [3.63, 3.8) is 0 Å². The second-order valence-corrected chi connectivity index (χ2v) is 7.38. The van der Waals surface area contributed by atoms with Gasteiger partial charge in [0, 0.05) is 13.1 Å². The first kappa shape index (κ1) is 16.3. The maximum Gasteiger partial charge on any atom is 0.243 e. The van der Waals surface area contributed by atoms with Gasteiger partial charge in [0.2, 0.25) is 10.0 Å². The SMILES string of the molecule is CCOc1cc(C)c(S(=O)(=O)N2CCCC(O)C2)cc1C. The Morgan fingerprint density at radius 3 is 2.67 bits per heavy atom. The van der Waals surface area contributed by atoms with Gasteiger partial charge in [-0.15, -0.1) is 0 Å². The number of piperidine rings is 1. The van der Waals surface area contributed by atoms with Crippen molar-refractivity contribution in [1.82, 2.24) is 4.31 Å². The predicted octanol–water partition coefficient (Wildman–Crippen LogP) is 1.85. The van der Waals surface area contributed by atoms with E-state index in [1.165, 1.54) is 4.31 Å². The highest BCUT2D eigenvalue weighted by Crippen LogP contribution is 2.29. The molecule has 1 aliphatic heterocycles. The number of rotatable bonds is 4. The third-order valence-electron chi connectivity index (χ3n) is 3.75. The fourth-order valence-corrected chi connectivity index (χ4v) is 4.44. The van der Waals surface area contributed by atoms with Gasteiger partial charge in [-0.25, -0.2) is 8.42 Å². The van der Waals surface area contributed by atoms with Crippen LogP contribution in [0.5, 0.6) is 5.75 Å². The van der Waals surface area contributed by atoms with Crippen LogP contribution in [-0.4, -0.2) is 43.6 Å². The number of benzene rings is 1. The van der Waals surface area contributed by atoms with Gasteiger partial charge in [-0.1, -0.05) is 0 Å². The number of aryl methyl sites for hydroxylation is 2. The molecule has 0 aliphatic carbocycles. The van der Waals surface area contributed by atoms with Crippen molar-refractivity contribution < 1.29 is 18.3 Å². The number of hydrogen-bond acceptors (Lipinski definition) is 4. The summed E-state index contributed by atoms with van der Waals surface area (Å²) >= 11 is 0. The van der Waals surface area contributed by atoms with E-state index in [9.17, 15) is 13.5 Å². The molecule has 1 N–H and O–H groups in total. The van der Waals surface area contributed by atoms with Gasteiger partial charge in [-0.3, -0.25) is 0 Å². The third-order valence-corrected chi connectivity index (χ3v) is 5.76. The number of aliphatic hydroxyl groups is 1. The predicted molar refractivity (Wildman–Crippen MR) is 81.1 cm³/mol. The summed E-state index contributed by atoms with van der Waals surface area (Å²) < 4.78 is 32.4. The first-order chi connectivity index (χ1) is 9.86. The third kappa shape index (κ3) is 3.39. The highest BCUT2D eigenvalue weighted by Gasteiger charge is 2.30. The van der Waals surface area contributed by atoms with E-state index in [2.05, 4.69) is 0 Å². The summed E-state index contributed by atoms with van der Waals surface area (Å²) in [5.41, 5.74) is 1.47. The average Bonchev–Trinajstić information content (AvgIpc) is 2.42. The van der Waals surface area contributed by atoms with Crippen LogP contribution in [-0.2, 0) is 10.0 Å². The Morgan fingerprint density at radius 2 is 2.05 bits per heavy atom. The van der Waals surface area contributed by atoms with E-state index in [0.29, 0.717) is 42.2 Å². The maximum absolute atomic E-state index is 12.7. The zero-order chi connectivity index (χ0) is 15.6. The molecule has 2 rings (SSSR count). The molecule has 0 amide bonds. The zero-order valence-corrected chi connectivity index (χ0v) is 13.6. The van der Waals surface area contributed by atoms with Crippen LogP contribution in [0, 0.1) is 13.8 Å². The molecule has 1 saturated heterocycles. The van der Waals surface area contributed by atoms with E-state index in [1.54, 1.807) is 19.1 Å². The van der Waals surface area contributed by atoms with E-state index in [4.69, 9.17) is 4.74 Å². The molecule has 118 valence electrons. The Labute approximate surface area is 126 Å². The van der Waals surface area contributed by atoms with Crippen molar-refractivity contribution in [2.45, 2.75) is 44.6 Å². The van der Waals surface area contributed by atoms with Crippen LogP contribution in [0.4, 0.5) is 0 Å². The lowest BCUT2D eigenvalue weighted by Gasteiger charge is -2.30. The highest BCUT2D eigenvalue weighted by atomic mass is 32.2. The minimum absolute atomic E-state index is 0.175. The molecule has 0 saturated carbocycles. The van der Waals surface area contributed by atoms with Crippen LogP contribution in [0.25, 0.3) is 0 Å². The fraction of sp³-hybridized carbons (Fsp3) is 0.600. The van der Waals surface area contributed by atoms with Crippen LogP contribution in [0.1, 0.15) is 30.9 Å². The molecule has 0 bridgehead atoms. The lowest BCUT2D eigenvalue weighted by atomic mass is 10.1. The van der Waals surface area contributed by atoms with E-state index < -0.39 is 16.1 Å². The molecule has 0 aromatic heterocycles. The minimum Gasteiger partial charge on any atom is -0.494 e. The zero-order valence-electron chi connectivity index (χ0n) is 12.8. The van der Waals surface area contributed by atoms with Crippen molar-refractivity contribution in [2.75, 3.05) is 19.7 Å². The lowest BCUT2D eigenvalue weighted by Crippen LogP contribution is -2.42. The van der Waals surface area contributed by atoms with Gasteiger partial charge in [0.05, 0.1) is 17.6 Å². The molecular formula is C15H23NO4S. The van der Waals surface area contributed by atoms with E-state index in [0.717, 1.165) is 5.56 Å². The second-order valence-electron chi connectivity index (χ2n) is 5.48. The summed E-state index contributed by atoms with van der Waals surface area (Å²) in [5, 5.41) is 9.70. The molecule has 0 radical (unpaired) electrons. The molecule has 1 fully saturated rings. The Hall–Kier alpha value is -1.11. The number of nitrogens with zero attached hydrogens (tertiary/aromatic N) is 1. The molecule has 6 heteroatoms. The molecule has 1 unspecified atom stereocenters. The number of sulfonamides is 1. The standard InChI is InChI=1S/C15H23NO4S/c1-4-20-14-8-12(3)15(9-11(14)2)21(18,19)16-7-5-6-13(17)10-16/h8-9,13,17H,4-7,10H2,1-3H3. The quantitative estimate of drug-likeness (QED) is 0.921. The maximum atomic E-state index is 12.7. The van der Waals surface area contributed by atoms with Gasteiger partial charge < -0.3 is 9.84 Å². The normalized spacial score (nSPS) is 20.5. The topological polar surface area (TPSA) is 66.8 Å². The summed E-state index contributed by atoms with van der Waals surface area (Å²) in [5.74, 6) is 0.715. The first-order valence-electron chi connectivity index (χ1n) is 7.28. The summed E-state index contributed by atoms with van der Waals surface area (Å²) in [4.78, 5) is 0.303. The Kier molecular flexibility index (Phi) is 4.91. The van der Waals surface area contributed by atoms with Crippen LogP contribution in [0.2, 0.25) is 0 Å². The van der Waals surface area contributed by atoms with Gasteiger partial charge in [-0.05, 0) is 56.9 Å². The largest absolute Gasteiger partial charge is 0.494 e. The highest BCUT2D eigenvalue weighted by molar-refractivity contribution is 7.89. The van der Waals surface area contributed by atoms with Gasteiger partial charge in [0.25, 0.3) is 0 Å². The van der Waals surface area contributed by atoms with Crippen molar-refractivity contribution in [3.8, 4) is 5.75 Å². The summed E-state index contributed by atoms with van der Waals surface area (Å²) in [6.45, 7) is 6.70. The van der Waals surface area contributed by atoms with E-state index in [1.807, 2.05) is 13.8 Å². The van der Waals surface area contributed by atoms with Gasteiger partial charge in [0.1, 0.15) is 5.75 Å². The lowest BCUT2D eigenvalue weighted by molar-refractivity contribution is 0.108. The van der Waals surface area contributed by atoms with Crippen molar-refractivity contribution >= 4 is 10.0 Å². The molecule has 1 aromatic carbocycles. The van der Waals surface area contributed by atoms with Gasteiger partial charge in [-0.2, -0.15) is 4.31 Å². The fourth-order valence-electron chi connectivity index (χ4n) is 2.63. The molecule has 1 atom stereocenters. The summed E-state index contributed by atoms with van der Waals surface area (Å²) in [7, 11) is -3.56. The minimum atomic E-state index is -3.56. The molecule has 1 aromatic rings. The first-order valence-corrected chi connectivity index (χ1v) is 8.72. The Balaban J connectivity index is 2.38. The Bertz CT molecular complexity index is 612. The van der Waals surface area contributed by atoms with Gasteiger partial charge >= 0.3 is 0 Å². The molecular weight excluding hydrogens is 290 g/mol. The Morgan fingerprint density at radius 1 is 1.33 bits per heavy atom. The summed E-state index contributed by atoms with van der Waals surface area (Å²) in [6, 6.07) is 3.43.